The highest BCUT2D eigenvalue weighted by Gasteiger charge is 2.28. The van der Waals surface area contributed by atoms with Crippen LogP contribution in [0.4, 0.5) is 0 Å². The summed E-state index contributed by atoms with van der Waals surface area (Å²) in [6.07, 6.45) is 0. The van der Waals surface area contributed by atoms with E-state index in [4.69, 9.17) is 4.74 Å². The fraction of sp³-hybridized carbons (Fsp3) is 0.538. The molecule has 3 nitrogen and oxygen atoms in total. The Morgan fingerprint density at radius 1 is 1.39 bits per heavy atom. The predicted octanol–water partition coefficient (Wildman–Crippen LogP) is 3.57. The largest absolute Gasteiger partial charge is 0.598 e. The molecule has 18 heavy (non-hydrogen) atoms. The highest BCUT2D eigenvalue weighted by Crippen LogP contribution is 2.28. The smallest absolute Gasteiger partial charge is 0.136 e. The average molecular weight is 334 g/mol. The van der Waals surface area contributed by atoms with Gasteiger partial charge in [0.15, 0.2) is 0 Å². The van der Waals surface area contributed by atoms with Crippen molar-refractivity contribution in [2.24, 2.45) is 0 Å². The van der Waals surface area contributed by atoms with Crippen LogP contribution in [0, 0.1) is 0 Å². The van der Waals surface area contributed by atoms with Crippen molar-refractivity contribution >= 4 is 27.3 Å². The topological polar surface area (TPSA) is 44.3 Å². The molecule has 0 saturated heterocycles. The summed E-state index contributed by atoms with van der Waals surface area (Å²) in [4.78, 5) is 0. The summed E-state index contributed by atoms with van der Waals surface area (Å²) in [5.41, 5.74) is 1.07. The van der Waals surface area contributed by atoms with E-state index in [1.807, 2.05) is 45.9 Å². The van der Waals surface area contributed by atoms with Gasteiger partial charge < -0.3 is 9.29 Å². The first-order valence-corrected chi connectivity index (χ1v) is 7.71. The first-order chi connectivity index (χ1) is 8.25. The Balaban J connectivity index is 2.79. The van der Waals surface area contributed by atoms with Crippen LogP contribution in [0.15, 0.2) is 22.7 Å². The highest BCUT2D eigenvalue weighted by molar-refractivity contribution is 9.10. The van der Waals surface area contributed by atoms with Crippen molar-refractivity contribution in [2.45, 2.75) is 38.5 Å². The molecule has 102 valence electrons. The second-order valence-electron chi connectivity index (χ2n) is 5.11. The number of halogens is 1. The van der Waals surface area contributed by atoms with E-state index in [1.165, 1.54) is 0 Å². The SMILES string of the molecule is COc1ccc([C@H](C)N[S@@+]([O-])C(C)(C)C)cc1Br. The molecular formula is C13H20BrNO2S. The molecule has 0 fully saturated rings. The minimum absolute atomic E-state index is 0.0206. The lowest BCUT2D eigenvalue weighted by atomic mass is 10.1. The molecule has 0 amide bonds. The molecule has 1 aromatic carbocycles. The molecule has 0 aliphatic carbocycles. The van der Waals surface area contributed by atoms with E-state index in [-0.39, 0.29) is 10.8 Å². The Kier molecular flexibility index (Phi) is 5.52. The molecule has 1 aromatic rings. The number of methoxy groups -OCH3 is 1. The molecule has 0 saturated carbocycles. The fourth-order valence-electron chi connectivity index (χ4n) is 1.36. The van der Waals surface area contributed by atoms with Crippen LogP contribution in [-0.4, -0.2) is 16.4 Å². The molecule has 2 atom stereocenters. The average Bonchev–Trinajstić information content (AvgIpc) is 2.27. The summed E-state index contributed by atoms with van der Waals surface area (Å²) in [7, 11) is 1.64. The molecular weight excluding hydrogens is 314 g/mol. The van der Waals surface area contributed by atoms with Crippen molar-refractivity contribution in [1.82, 2.24) is 4.72 Å². The van der Waals surface area contributed by atoms with E-state index in [0.717, 1.165) is 15.8 Å². The molecule has 0 heterocycles. The molecule has 0 unspecified atom stereocenters. The zero-order valence-electron chi connectivity index (χ0n) is 11.4. The molecule has 0 aliphatic rings. The first-order valence-electron chi connectivity index (χ1n) is 5.77. The fourth-order valence-corrected chi connectivity index (χ4v) is 2.73. The van der Waals surface area contributed by atoms with Gasteiger partial charge in [0.2, 0.25) is 0 Å². The first kappa shape index (κ1) is 15.8. The summed E-state index contributed by atoms with van der Waals surface area (Å²) in [6, 6.07) is 5.88. The van der Waals surface area contributed by atoms with E-state index in [0.29, 0.717) is 0 Å². The van der Waals surface area contributed by atoms with Crippen molar-refractivity contribution in [1.29, 1.82) is 0 Å². The summed E-state index contributed by atoms with van der Waals surface area (Å²) in [5.74, 6) is 0.794. The molecule has 0 bridgehead atoms. The quantitative estimate of drug-likeness (QED) is 0.856. The zero-order valence-corrected chi connectivity index (χ0v) is 13.8. The van der Waals surface area contributed by atoms with Gasteiger partial charge in [0.05, 0.1) is 17.6 Å². The molecule has 0 spiro atoms. The lowest BCUT2D eigenvalue weighted by Gasteiger charge is -2.26. The number of ether oxygens (including phenoxy) is 1. The number of rotatable bonds is 4. The van der Waals surface area contributed by atoms with Gasteiger partial charge in [-0.2, -0.15) is 0 Å². The maximum atomic E-state index is 12.0. The Morgan fingerprint density at radius 3 is 2.44 bits per heavy atom. The maximum absolute atomic E-state index is 12.0. The van der Waals surface area contributed by atoms with Crippen LogP contribution in [0.5, 0.6) is 5.75 Å². The molecule has 1 N–H and O–H groups in total. The van der Waals surface area contributed by atoms with Crippen LogP contribution in [0.3, 0.4) is 0 Å². The van der Waals surface area contributed by atoms with Crippen molar-refractivity contribution < 1.29 is 9.29 Å². The molecule has 0 radical (unpaired) electrons. The second-order valence-corrected chi connectivity index (χ2v) is 7.97. The summed E-state index contributed by atoms with van der Waals surface area (Å²) >= 11 is 2.37. The van der Waals surface area contributed by atoms with Gasteiger partial charge in [0, 0.05) is 11.4 Å². The monoisotopic (exact) mass is 333 g/mol. The number of hydrogen-bond donors (Lipinski definition) is 1. The minimum Gasteiger partial charge on any atom is -0.598 e. The Morgan fingerprint density at radius 2 is 2.00 bits per heavy atom. The number of nitrogens with one attached hydrogen (secondary N) is 1. The summed E-state index contributed by atoms with van der Waals surface area (Å²) in [5, 5.41) is 0. The maximum Gasteiger partial charge on any atom is 0.136 e. The third-order valence-corrected chi connectivity index (χ3v) is 4.82. The van der Waals surface area contributed by atoms with Gasteiger partial charge in [0.1, 0.15) is 10.5 Å². The van der Waals surface area contributed by atoms with Gasteiger partial charge in [-0.1, -0.05) is 6.07 Å². The van der Waals surface area contributed by atoms with E-state index in [9.17, 15) is 4.55 Å². The van der Waals surface area contributed by atoms with Crippen LogP contribution >= 0.6 is 15.9 Å². The van der Waals surface area contributed by atoms with Gasteiger partial charge in [-0.3, -0.25) is 0 Å². The van der Waals surface area contributed by atoms with Crippen LogP contribution < -0.4 is 9.46 Å². The normalized spacial score (nSPS) is 15.3. The second kappa shape index (κ2) is 6.28. The lowest BCUT2D eigenvalue weighted by Crippen LogP contribution is -2.40. The third-order valence-electron chi connectivity index (χ3n) is 2.52. The lowest BCUT2D eigenvalue weighted by molar-refractivity contribution is 0.412. The van der Waals surface area contributed by atoms with Gasteiger partial charge >= 0.3 is 0 Å². The van der Waals surface area contributed by atoms with Crippen LogP contribution in [0.1, 0.15) is 39.3 Å². The molecule has 0 aromatic heterocycles. The Bertz CT molecular complexity index is 406. The Hall–Kier alpha value is -0.230. The third kappa shape index (κ3) is 4.16. The summed E-state index contributed by atoms with van der Waals surface area (Å²) in [6.45, 7) is 7.85. The van der Waals surface area contributed by atoms with Crippen LogP contribution in [0.25, 0.3) is 0 Å². The van der Waals surface area contributed by atoms with Crippen LogP contribution in [0.2, 0.25) is 0 Å². The van der Waals surface area contributed by atoms with Crippen molar-refractivity contribution in [3.05, 3.63) is 28.2 Å². The van der Waals surface area contributed by atoms with Crippen molar-refractivity contribution in [3.8, 4) is 5.75 Å². The van der Waals surface area contributed by atoms with Gasteiger partial charge in [-0.25, -0.2) is 0 Å². The number of benzene rings is 1. The van der Waals surface area contributed by atoms with Crippen LogP contribution in [-0.2, 0) is 11.4 Å². The van der Waals surface area contributed by atoms with Crippen molar-refractivity contribution in [2.75, 3.05) is 7.11 Å². The minimum atomic E-state index is -1.08. The summed E-state index contributed by atoms with van der Waals surface area (Å²) < 4.78 is 21.0. The number of hydrogen-bond acceptors (Lipinski definition) is 3. The highest BCUT2D eigenvalue weighted by atomic mass is 79.9. The van der Waals surface area contributed by atoms with E-state index in [1.54, 1.807) is 7.11 Å². The van der Waals surface area contributed by atoms with Gasteiger partial charge in [-0.05, 0) is 61.3 Å². The molecule has 5 heteroatoms. The standard InChI is InChI=1S/C13H20BrNO2S/c1-9(15-18(16)13(2,3)4)10-6-7-12(17-5)11(14)8-10/h6-9,15H,1-5H3/t9-,18-/m0/s1. The zero-order chi connectivity index (χ0) is 13.9. The van der Waals surface area contributed by atoms with Gasteiger partial charge in [-0.15, -0.1) is 4.72 Å². The predicted molar refractivity (Wildman–Crippen MR) is 80.1 cm³/mol. The van der Waals surface area contributed by atoms with E-state index < -0.39 is 11.4 Å². The van der Waals surface area contributed by atoms with Crippen molar-refractivity contribution in [3.63, 3.8) is 0 Å². The molecule has 0 aliphatic heterocycles. The molecule has 1 rings (SSSR count). The van der Waals surface area contributed by atoms with E-state index in [2.05, 4.69) is 20.7 Å². The van der Waals surface area contributed by atoms with Gasteiger partial charge in [0.25, 0.3) is 0 Å². The Labute approximate surface area is 121 Å². The van der Waals surface area contributed by atoms with E-state index >= 15 is 0 Å².